The zero-order valence-corrected chi connectivity index (χ0v) is 15.4. The molecule has 0 saturated carbocycles. The topological polar surface area (TPSA) is 47.3 Å². The Bertz CT molecular complexity index is 747. The van der Waals surface area contributed by atoms with Gasteiger partial charge in [0.15, 0.2) is 6.23 Å². The summed E-state index contributed by atoms with van der Waals surface area (Å²) in [5.41, 5.74) is 1.01. The lowest BCUT2D eigenvalue weighted by Crippen LogP contribution is -2.29. The molecule has 1 aromatic carbocycles. The Morgan fingerprint density at radius 2 is 2.29 bits per heavy atom. The summed E-state index contributed by atoms with van der Waals surface area (Å²) in [4.78, 5) is 0. The summed E-state index contributed by atoms with van der Waals surface area (Å²) in [6.07, 6.45) is 4.39. The highest BCUT2D eigenvalue weighted by Crippen LogP contribution is 2.44. The molecule has 1 aliphatic rings. The number of hydrogen-bond acceptors (Lipinski definition) is 3. The molecule has 2 unspecified atom stereocenters. The van der Waals surface area contributed by atoms with Crippen molar-refractivity contribution < 1.29 is 18.6 Å². The molecule has 1 aliphatic heterocycles. The second kappa shape index (κ2) is 6.86. The van der Waals surface area contributed by atoms with E-state index in [1.807, 2.05) is 0 Å². The van der Waals surface area contributed by atoms with Gasteiger partial charge in [-0.25, -0.2) is 13.5 Å². The Morgan fingerprint density at radius 3 is 2.92 bits per heavy atom. The molecule has 8 heteroatoms. The van der Waals surface area contributed by atoms with Crippen molar-refractivity contribution in [2.75, 3.05) is 13.2 Å². The number of fused-ring (bicyclic) bond motifs is 1. The molecular formula is C16H18BrClF2N2O2. The maximum absolute atomic E-state index is 13.9. The summed E-state index contributed by atoms with van der Waals surface area (Å²) in [5.74, 6) is -4.49. The molecule has 4 nitrogen and oxygen atoms in total. The zero-order valence-electron chi connectivity index (χ0n) is 13.1. The molecule has 0 aliphatic carbocycles. The molecule has 3 rings (SSSR count). The SMILES string of the molecule is CC(c1c(Cl)cc2c(cnn2C2CCCCO2)c1Br)C(F)(F)CO. The van der Waals surface area contributed by atoms with E-state index < -0.39 is 18.4 Å². The lowest BCUT2D eigenvalue weighted by molar-refractivity contribution is -0.0682. The number of alkyl halides is 2. The van der Waals surface area contributed by atoms with E-state index in [9.17, 15) is 8.78 Å². The van der Waals surface area contributed by atoms with Crippen molar-refractivity contribution >= 4 is 38.4 Å². The normalized spacial score (nSPS) is 20.5. The standard InChI is InChI=1S/C16H18BrClF2N2O2/c1-9(16(19,20)8-23)14-11(18)6-12-10(15(14)17)7-21-22(12)13-4-2-3-5-24-13/h6-7,9,13,23H,2-5,8H2,1H3. The van der Waals surface area contributed by atoms with Gasteiger partial charge in [-0.15, -0.1) is 0 Å². The van der Waals surface area contributed by atoms with Gasteiger partial charge in [-0.1, -0.05) is 18.5 Å². The van der Waals surface area contributed by atoms with E-state index in [-0.39, 0.29) is 16.8 Å². The highest BCUT2D eigenvalue weighted by Gasteiger charge is 2.39. The Morgan fingerprint density at radius 1 is 1.54 bits per heavy atom. The van der Waals surface area contributed by atoms with E-state index in [4.69, 9.17) is 21.4 Å². The summed E-state index contributed by atoms with van der Waals surface area (Å²) in [7, 11) is 0. The van der Waals surface area contributed by atoms with E-state index in [1.165, 1.54) is 6.92 Å². The number of aliphatic hydroxyl groups excluding tert-OH is 1. The first-order valence-corrected chi connectivity index (χ1v) is 8.99. The van der Waals surface area contributed by atoms with Crippen LogP contribution in [-0.2, 0) is 4.74 Å². The van der Waals surface area contributed by atoms with Crippen molar-refractivity contribution in [1.82, 2.24) is 9.78 Å². The lowest BCUT2D eigenvalue weighted by Gasteiger charge is -2.25. The molecule has 2 atom stereocenters. The number of aliphatic hydroxyl groups is 1. The monoisotopic (exact) mass is 422 g/mol. The van der Waals surface area contributed by atoms with Crippen LogP contribution in [0.2, 0.25) is 5.02 Å². The fourth-order valence-corrected chi connectivity index (χ4v) is 4.36. The Kier molecular flexibility index (Phi) is 5.16. The highest BCUT2D eigenvalue weighted by atomic mass is 79.9. The van der Waals surface area contributed by atoms with Gasteiger partial charge in [0.2, 0.25) is 0 Å². The predicted molar refractivity (Wildman–Crippen MR) is 91.7 cm³/mol. The van der Waals surface area contributed by atoms with Gasteiger partial charge in [0.05, 0.1) is 11.7 Å². The van der Waals surface area contributed by atoms with Crippen LogP contribution in [0.1, 0.15) is 43.9 Å². The fourth-order valence-electron chi connectivity index (χ4n) is 3.02. The first kappa shape index (κ1) is 18.0. The Hall–Kier alpha value is -0.760. The van der Waals surface area contributed by atoms with Gasteiger partial charge < -0.3 is 9.84 Å². The molecule has 0 spiro atoms. The van der Waals surface area contributed by atoms with Crippen molar-refractivity contribution in [2.24, 2.45) is 0 Å². The van der Waals surface area contributed by atoms with Crippen LogP contribution >= 0.6 is 27.5 Å². The highest BCUT2D eigenvalue weighted by molar-refractivity contribution is 9.10. The minimum Gasteiger partial charge on any atom is -0.390 e. The smallest absolute Gasteiger partial charge is 0.277 e. The van der Waals surface area contributed by atoms with Crippen LogP contribution in [0, 0.1) is 0 Å². The largest absolute Gasteiger partial charge is 0.390 e. The van der Waals surface area contributed by atoms with Gasteiger partial charge >= 0.3 is 0 Å². The minimum atomic E-state index is -3.26. The fraction of sp³-hybridized carbons (Fsp3) is 0.562. The summed E-state index contributed by atoms with van der Waals surface area (Å²) in [5, 5.41) is 14.2. The third-order valence-electron chi connectivity index (χ3n) is 4.53. The Balaban J connectivity index is 2.09. The number of ether oxygens (including phenoxy) is 1. The summed E-state index contributed by atoms with van der Waals surface area (Å²) in [6.45, 7) is 0.797. The van der Waals surface area contributed by atoms with Crippen LogP contribution in [0.5, 0.6) is 0 Å². The second-order valence-corrected chi connectivity index (χ2v) is 7.27. The molecule has 24 heavy (non-hydrogen) atoms. The molecule has 1 N–H and O–H groups in total. The van der Waals surface area contributed by atoms with Gasteiger partial charge in [0.1, 0.15) is 6.61 Å². The molecule has 0 amide bonds. The summed E-state index contributed by atoms with van der Waals surface area (Å²) < 4.78 is 35.8. The van der Waals surface area contributed by atoms with E-state index in [2.05, 4.69) is 21.0 Å². The predicted octanol–water partition coefficient (Wildman–Crippen LogP) is 4.88. The number of halogens is 4. The van der Waals surface area contributed by atoms with E-state index in [0.717, 1.165) is 24.8 Å². The molecular weight excluding hydrogens is 406 g/mol. The lowest BCUT2D eigenvalue weighted by atomic mass is 9.93. The minimum absolute atomic E-state index is 0.165. The molecule has 132 valence electrons. The maximum atomic E-state index is 13.9. The molecule has 2 aromatic rings. The van der Waals surface area contributed by atoms with E-state index in [0.29, 0.717) is 16.5 Å². The van der Waals surface area contributed by atoms with Crippen LogP contribution in [0.3, 0.4) is 0 Å². The average Bonchev–Trinajstić information content (AvgIpc) is 2.99. The van der Waals surface area contributed by atoms with E-state index in [1.54, 1.807) is 16.9 Å². The van der Waals surface area contributed by atoms with Crippen molar-refractivity contribution in [3.63, 3.8) is 0 Å². The van der Waals surface area contributed by atoms with E-state index >= 15 is 0 Å². The molecule has 1 saturated heterocycles. The number of benzene rings is 1. The maximum Gasteiger partial charge on any atom is 0.277 e. The van der Waals surface area contributed by atoms with Crippen molar-refractivity contribution in [3.8, 4) is 0 Å². The molecule has 0 bridgehead atoms. The molecule has 2 heterocycles. The quantitative estimate of drug-likeness (QED) is 0.762. The third kappa shape index (κ3) is 3.07. The number of rotatable bonds is 4. The average molecular weight is 424 g/mol. The van der Waals surface area contributed by atoms with Gasteiger partial charge in [-0.2, -0.15) is 5.10 Å². The van der Waals surface area contributed by atoms with Gasteiger partial charge in [-0.3, -0.25) is 0 Å². The molecule has 1 fully saturated rings. The van der Waals surface area contributed by atoms with Gasteiger partial charge in [0, 0.05) is 27.4 Å². The van der Waals surface area contributed by atoms with Crippen LogP contribution in [0.25, 0.3) is 10.9 Å². The summed E-state index contributed by atoms with van der Waals surface area (Å²) in [6, 6.07) is 1.64. The number of hydrogen-bond donors (Lipinski definition) is 1. The van der Waals surface area contributed by atoms with Crippen molar-refractivity contribution in [3.05, 3.63) is 27.3 Å². The third-order valence-corrected chi connectivity index (χ3v) is 5.70. The number of nitrogens with zero attached hydrogens (tertiary/aromatic N) is 2. The van der Waals surface area contributed by atoms with Crippen LogP contribution in [0.15, 0.2) is 16.7 Å². The van der Waals surface area contributed by atoms with Gasteiger partial charge in [0.25, 0.3) is 5.92 Å². The van der Waals surface area contributed by atoms with Crippen LogP contribution in [0.4, 0.5) is 8.78 Å². The van der Waals surface area contributed by atoms with Crippen molar-refractivity contribution in [1.29, 1.82) is 0 Å². The molecule has 0 radical (unpaired) electrons. The summed E-state index contributed by atoms with van der Waals surface area (Å²) >= 11 is 9.71. The van der Waals surface area contributed by atoms with Crippen LogP contribution in [-0.4, -0.2) is 34.0 Å². The zero-order chi connectivity index (χ0) is 17.5. The first-order valence-electron chi connectivity index (χ1n) is 7.82. The second-order valence-electron chi connectivity index (χ2n) is 6.07. The van der Waals surface area contributed by atoms with Crippen LogP contribution < -0.4 is 0 Å². The van der Waals surface area contributed by atoms with Crippen molar-refractivity contribution in [2.45, 2.75) is 44.3 Å². The number of aromatic nitrogens is 2. The van der Waals surface area contributed by atoms with Gasteiger partial charge in [-0.05, 0) is 46.8 Å². The first-order chi connectivity index (χ1) is 11.4. The molecule has 1 aromatic heterocycles. The Labute approximate surface area is 151 Å².